The van der Waals surface area contributed by atoms with Crippen LogP contribution in [0, 0.1) is 13.8 Å². The van der Waals surface area contributed by atoms with Crippen molar-refractivity contribution in [1.29, 1.82) is 0 Å². The molecule has 1 rings (SSSR count). The number of aryl methyl sites for hydroxylation is 1. The van der Waals surface area contributed by atoms with Crippen LogP contribution in [-0.2, 0) is 6.61 Å². The maximum atomic E-state index is 8.81. The van der Waals surface area contributed by atoms with Gasteiger partial charge in [-0.15, -0.1) is 11.3 Å². The molecule has 0 radical (unpaired) electrons. The standard InChI is InChI=1S/C7H9ClOS/c1-4-6(3-9)10-5(2)7(4)8/h9H,3H2,1-2H3. The molecule has 0 atom stereocenters. The van der Waals surface area contributed by atoms with Crippen LogP contribution in [0.2, 0.25) is 5.02 Å². The molecular weight excluding hydrogens is 168 g/mol. The summed E-state index contributed by atoms with van der Waals surface area (Å²) in [6, 6.07) is 0. The minimum Gasteiger partial charge on any atom is -0.391 e. The maximum absolute atomic E-state index is 8.81. The lowest BCUT2D eigenvalue weighted by atomic mass is 10.3. The molecule has 0 unspecified atom stereocenters. The van der Waals surface area contributed by atoms with E-state index in [1.165, 1.54) is 0 Å². The number of hydrogen-bond donors (Lipinski definition) is 1. The van der Waals surface area contributed by atoms with Crippen LogP contribution >= 0.6 is 22.9 Å². The Morgan fingerprint density at radius 1 is 1.50 bits per heavy atom. The van der Waals surface area contributed by atoms with Crippen molar-refractivity contribution in [1.82, 2.24) is 0 Å². The quantitative estimate of drug-likeness (QED) is 0.697. The van der Waals surface area contributed by atoms with Crippen molar-refractivity contribution in [2.24, 2.45) is 0 Å². The first-order chi connectivity index (χ1) is 4.66. The topological polar surface area (TPSA) is 20.2 Å². The number of aliphatic hydroxyl groups excluding tert-OH is 1. The lowest BCUT2D eigenvalue weighted by molar-refractivity contribution is 0.285. The third kappa shape index (κ3) is 1.19. The average Bonchev–Trinajstić information content (AvgIpc) is 2.17. The van der Waals surface area contributed by atoms with Crippen LogP contribution in [0.3, 0.4) is 0 Å². The van der Waals surface area contributed by atoms with Gasteiger partial charge in [-0.2, -0.15) is 0 Å². The molecule has 0 aliphatic rings. The third-order valence-corrected chi connectivity index (χ3v) is 3.35. The van der Waals surface area contributed by atoms with E-state index in [4.69, 9.17) is 16.7 Å². The lowest BCUT2D eigenvalue weighted by Crippen LogP contribution is -1.78. The second-order valence-electron chi connectivity index (χ2n) is 2.18. The summed E-state index contributed by atoms with van der Waals surface area (Å²) in [4.78, 5) is 2.06. The van der Waals surface area contributed by atoms with Gasteiger partial charge in [-0.05, 0) is 19.4 Å². The number of hydrogen-bond acceptors (Lipinski definition) is 2. The summed E-state index contributed by atoms with van der Waals surface area (Å²) in [7, 11) is 0. The largest absolute Gasteiger partial charge is 0.391 e. The van der Waals surface area contributed by atoms with E-state index >= 15 is 0 Å². The van der Waals surface area contributed by atoms with Crippen molar-refractivity contribution in [3.05, 3.63) is 20.3 Å². The lowest BCUT2D eigenvalue weighted by Gasteiger charge is -1.89. The van der Waals surface area contributed by atoms with Crippen LogP contribution in [0.4, 0.5) is 0 Å². The highest BCUT2D eigenvalue weighted by molar-refractivity contribution is 7.12. The van der Waals surface area contributed by atoms with Gasteiger partial charge in [0.25, 0.3) is 0 Å². The molecule has 1 aromatic rings. The molecule has 1 heterocycles. The molecule has 0 bridgehead atoms. The second kappa shape index (κ2) is 2.91. The Balaban J connectivity index is 3.17. The van der Waals surface area contributed by atoms with Crippen LogP contribution < -0.4 is 0 Å². The van der Waals surface area contributed by atoms with Gasteiger partial charge < -0.3 is 5.11 Å². The van der Waals surface area contributed by atoms with Crippen LogP contribution in [0.25, 0.3) is 0 Å². The van der Waals surface area contributed by atoms with E-state index in [1.807, 2.05) is 13.8 Å². The molecule has 0 saturated heterocycles. The van der Waals surface area contributed by atoms with Crippen LogP contribution in [0.5, 0.6) is 0 Å². The Morgan fingerprint density at radius 3 is 2.30 bits per heavy atom. The van der Waals surface area contributed by atoms with Crippen molar-refractivity contribution in [2.75, 3.05) is 0 Å². The summed E-state index contributed by atoms with van der Waals surface area (Å²) in [6.07, 6.45) is 0. The summed E-state index contributed by atoms with van der Waals surface area (Å²) in [5.41, 5.74) is 1.02. The number of halogens is 1. The third-order valence-electron chi connectivity index (χ3n) is 1.48. The molecule has 0 amide bonds. The van der Waals surface area contributed by atoms with Gasteiger partial charge in [0, 0.05) is 9.75 Å². The second-order valence-corrected chi connectivity index (χ2v) is 3.87. The molecule has 0 fully saturated rings. The van der Waals surface area contributed by atoms with E-state index in [0.717, 1.165) is 20.3 Å². The zero-order chi connectivity index (χ0) is 7.72. The van der Waals surface area contributed by atoms with E-state index in [9.17, 15) is 0 Å². The Morgan fingerprint density at radius 2 is 2.10 bits per heavy atom. The van der Waals surface area contributed by atoms with Gasteiger partial charge in [-0.25, -0.2) is 0 Å². The molecule has 0 saturated carbocycles. The summed E-state index contributed by atoms with van der Waals surface area (Å²) in [5.74, 6) is 0. The zero-order valence-corrected chi connectivity index (χ0v) is 7.51. The molecule has 10 heavy (non-hydrogen) atoms. The van der Waals surface area contributed by atoms with E-state index < -0.39 is 0 Å². The smallest absolute Gasteiger partial charge is 0.0777 e. The van der Waals surface area contributed by atoms with Crippen molar-refractivity contribution in [3.8, 4) is 0 Å². The van der Waals surface area contributed by atoms with Gasteiger partial charge >= 0.3 is 0 Å². The predicted octanol–water partition coefficient (Wildman–Crippen LogP) is 2.51. The first-order valence-corrected chi connectivity index (χ1v) is 4.21. The molecule has 0 aliphatic carbocycles. The van der Waals surface area contributed by atoms with E-state index in [1.54, 1.807) is 11.3 Å². The molecule has 3 heteroatoms. The van der Waals surface area contributed by atoms with E-state index in [0.29, 0.717) is 0 Å². The first-order valence-electron chi connectivity index (χ1n) is 3.02. The van der Waals surface area contributed by atoms with Crippen molar-refractivity contribution in [2.45, 2.75) is 20.5 Å². The molecule has 1 N–H and O–H groups in total. The highest BCUT2D eigenvalue weighted by atomic mass is 35.5. The summed E-state index contributed by atoms with van der Waals surface area (Å²) in [5, 5.41) is 9.61. The summed E-state index contributed by atoms with van der Waals surface area (Å²) < 4.78 is 0. The fourth-order valence-corrected chi connectivity index (χ4v) is 2.06. The van der Waals surface area contributed by atoms with Gasteiger partial charge in [0.1, 0.15) is 0 Å². The normalized spacial score (nSPS) is 10.4. The first kappa shape index (κ1) is 8.05. The van der Waals surface area contributed by atoms with Crippen molar-refractivity contribution < 1.29 is 5.11 Å². The van der Waals surface area contributed by atoms with Gasteiger partial charge in [-0.3, -0.25) is 0 Å². The van der Waals surface area contributed by atoms with Crippen LogP contribution in [-0.4, -0.2) is 5.11 Å². The minimum absolute atomic E-state index is 0.101. The summed E-state index contributed by atoms with van der Waals surface area (Å²) in [6.45, 7) is 3.99. The minimum atomic E-state index is 0.101. The zero-order valence-electron chi connectivity index (χ0n) is 5.94. The number of aliphatic hydroxyl groups is 1. The van der Waals surface area contributed by atoms with E-state index in [-0.39, 0.29) is 6.61 Å². The molecule has 1 aromatic heterocycles. The van der Waals surface area contributed by atoms with Crippen molar-refractivity contribution >= 4 is 22.9 Å². The molecule has 0 aromatic carbocycles. The van der Waals surface area contributed by atoms with Crippen LogP contribution in [0.1, 0.15) is 15.3 Å². The highest BCUT2D eigenvalue weighted by Gasteiger charge is 2.07. The molecule has 0 aliphatic heterocycles. The fraction of sp³-hybridized carbons (Fsp3) is 0.429. The average molecular weight is 177 g/mol. The Kier molecular flexibility index (Phi) is 2.34. The molecule has 0 spiro atoms. The van der Waals surface area contributed by atoms with Gasteiger partial charge in [0.15, 0.2) is 0 Å². The maximum Gasteiger partial charge on any atom is 0.0777 e. The van der Waals surface area contributed by atoms with Crippen LogP contribution in [0.15, 0.2) is 0 Å². The predicted molar refractivity (Wildman–Crippen MR) is 44.7 cm³/mol. The molecular formula is C7H9ClOS. The van der Waals surface area contributed by atoms with Gasteiger partial charge in [0.05, 0.1) is 11.6 Å². The monoisotopic (exact) mass is 176 g/mol. The van der Waals surface area contributed by atoms with E-state index in [2.05, 4.69) is 0 Å². The van der Waals surface area contributed by atoms with Crippen molar-refractivity contribution in [3.63, 3.8) is 0 Å². The highest BCUT2D eigenvalue weighted by Crippen LogP contribution is 2.31. The molecule has 56 valence electrons. The summed E-state index contributed by atoms with van der Waals surface area (Å²) >= 11 is 7.44. The fourth-order valence-electron chi connectivity index (χ4n) is 0.843. The Labute approximate surface area is 69.3 Å². The van der Waals surface area contributed by atoms with Gasteiger partial charge in [0.2, 0.25) is 0 Å². The Bertz CT molecular complexity index is 242. The number of thiophene rings is 1. The number of rotatable bonds is 1. The Hall–Kier alpha value is -0.0500. The molecule has 1 nitrogen and oxygen atoms in total. The SMILES string of the molecule is Cc1sc(CO)c(C)c1Cl. The van der Waals surface area contributed by atoms with Gasteiger partial charge in [-0.1, -0.05) is 11.6 Å².